The van der Waals surface area contributed by atoms with Gasteiger partial charge in [-0.25, -0.2) is 17.6 Å². The maximum absolute atomic E-state index is 12.9. The van der Waals surface area contributed by atoms with E-state index in [1.807, 2.05) is 0 Å². The van der Waals surface area contributed by atoms with Crippen molar-refractivity contribution in [2.45, 2.75) is 25.2 Å². The monoisotopic (exact) mass is 342 g/mol. The van der Waals surface area contributed by atoms with Crippen molar-refractivity contribution in [3.8, 4) is 0 Å². The number of carboxylic acid groups (broad SMARTS) is 1. The SMILES string of the molecule is O=C(O)C(Cc1ccc(Br)cc1)CC(F)(F)C(F)F. The highest BCUT2D eigenvalue weighted by atomic mass is 79.9. The predicted molar refractivity (Wildman–Crippen MR) is 64.5 cm³/mol. The number of benzene rings is 1. The van der Waals surface area contributed by atoms with Crippen LogP contribution in [-0.2, 0) is 11.2 Å². The Morgan fingerprint density at radius 3 is 2.21 bits per heavy atom. The highest BCUT2D eigenvalue weighted by molar-refractivity contribution is 9.10. The summed E-state index contributed by atoms with van der Waals surface area (Å²) < 4.78 is 50.7. The van der Waals surface area contributed by atoms with Gasteiger partial charge in [0.1, 0.15) is 0 Å². The van der Waals surface area contributed by atoms with Gasteiger partial charge in [0.2, 0.25) is 0 Å². The zero-order chi connectivity index (χ0) is 14.6. The van der Waals surface area contributed by atoms with Crippen molar-refractivity contribution >= 4 is 21.9 Å². The Kier molecular flexibility index (Phi) is 5.34. The molecule has 1 aromatic carbocycles. The van der Waals surface area contributed by atoms with E-state index < -0.39 is 30.7 Å². The molecule has 1 N–H and O–H groups in total. The minimum Gasteiger partial charge on any atom is -0.481 e. The molecule has 1 rings (SSSR count). The first-order valence-corrected chi connectivity index (χ1v) is 6.15. The number of alkyl halides is 4. The Morgan fingerprint density at radius 2 is 1.79 bits per heavy atom. The zero-order valence-corrected chi connectivity index (χ0v) is 11.2. The highest BCUT2D eigenvalue weighted by Crippen LogP contribution is 2.31. The molecular formula is C12H11BrF4O2. The fourth-order valence-corrected chi connectivity index (χ4v) is 1.83. The average Bonchev–Trinajstić information content (AvgIpc) is 2.30. The van der Waals surface area contributed by atoms with Gasteiger partial charge in [0.25, 0.3) is 0 Å². The third-order valence-electron chi connectivity index (χ3n) is 2.58. The summed E-state index contributed by atoms with van der Waals surface area (Å²) in [6.07, 6.45) is -5.46. The lowest BCUT2D eigenvalue weighted by Gasteiger charge is -2.20. The van der Waals surface area contributed by atoms with Crippen molar-refractivity contribution in [2.75, 3.05) is 0 Å². The lowest BCUT2D eigenvalue weighted by Crippen LogP contribution is -2.33. The lowest BCUT2D eigenvalue weighted by molar-refractivity contribution is -0.159. The van der Waals surface area contributed by atoms with Crippen molar-refractivity contribution in [1.82, 2.24) is 0 Å². The maximum Gasteiger partial charge on any atom is 0.308 e. The number of aliphatic carboxylic acids is 1. The second-order valence-electron chi connectivity index (χ2n) is 4.13. The van der Waals surface area contributed by atoms with Crippen LogP contribution >= 0.6 is 15.9 Å². The molecule has 0 saturated carbocycles. The van der Waals surface area contributed by atoms with Crippen LogP contribution in [0.3, 0.4) is 0 Å². The van der Waals surface area contributed by atoms with E-state index in [1.54, 1.807) is 24.3 Å². The minimum atomic E-state index is -4.29. The quantitative estimate of drug-likeness (QED) is 0.794. The highest BCUT2D eigenvalue weighted by Gasteiger charge is 2.44. The van der Waals surface area contributed by atoms with Crippen molar-refractivity contribution in [1.29, 1.82) is 0 Å². The smallest absolute Gasteiger partial charge is 0.308 e. The molecule has 0 aliphatic carbocycles. The van der Waals surface area contributed by atoms with Crippen molar-refractivity contribution in [3.05, 3.63) is 34.3 Å². The van der Waals surface area contributed by atoms with E-state index >= 15 is 0 Å². The van der Waals surface area contributed by atoms with E-state index in [1.165, 1.54) is 0 Å². The number of carbonyl (C=O) groups is 1. The van der Waals surface area contributed by atoms with E-state index in [9.17, 15) is 22.4 Å². The second-order valence-corrected chi connectivity index (χ2v) is 5.05. The van der Waals surface area contributed by atoms with E-state index in [2.05, 4.69) is 15.9 Å². The molecule has 0 aliphatic rings. The van der Waals surface area contributed by atoms with Crippen LogP contribution in [-0.4, -0.2) is 23.4 Å². The third kappa shape index (κ3) is 4.81. The molecule has 0 fully saturated rings. The van der Waals surface area contributed by atoms with Crippen molar-refractivity contribution in [3.63, 3.8) is 0 Å². The fourth-order valence-electron chi connectivity index (χ4n) is 1.57. The van der Waals surface area contributed by atoms with Crippen LogP contribution in [0, 0.1) is 5.92 Å². The third-order valence-corrected chi connectivity index (χ3v) is 3.11. The summed E-state index contributed by atoms with van der Waals surface area (Å²) in [5.41, 5.74) is 0.501. The standard InChI is InChI=1S/C12H11BrF4O2/c13-9-3-1-7(2-4-9)5-8(10(18)19)6-12(16,17)11(14)15/h1-4,8,11H,5-6H2,(H,18,19). The number of carboxylic acids is 1. The summed E-state index contributed by atoms with van der Waals surface area (Å²) in [6.45, 7) is 0. The molecule has 0 radical (unpaired) electrons. The Labute approximate surface area is 115 Å². The summed E-state index contributed by atoms with van der Waals surface area (Å²) in [5.74, 6) is -7.35. The van der Waals surface area contributed by atoms with Gasteiger partial charge in [-0.2, -0.15) is 0 Å². The zero-order valence-electron chi connectivity index (χ0n) is 9.62. The molecule has 7 heteroatoms. The normalized spacial score (nSPS) is 13.6. The van der Waals surface area contributed by atoms with E-state index in [0.717, 1.165) is 4.47 Å². The molecule has 1 aromatic rings. The van der Waals surface area contributed by atoms with Crippen molar-refractivity contribution in [2.24, 2.45) is 5.92 Å². The van der Waals surface area contributed by atoms with Gasteiger partial charge in [0.05, 0.1) is 5.92 Å². The van der Waals surface area contributed by atoms with Gasteiger partial charge < -0.3 is 5.11 Å². The molecule has 0 aromatic heterocycles. The van der Waals surface area contributed by atoms with Crippen LogP contribution in [0.5, 0.6) is 0 Å². The Hall–Kier alpha value is -1.11. The van der Waals surface area contributed by atoms with Crippen molar-refractivity contribution < 1.29 is 27.5 Å². The second kappa shape index (κ2) is 6.36. The van der Waals surface area contributed by atoms with E-state index in [-0.39, 0.29) is 6.42 Å². The van der Waals surface area contributed by atoms with Gasteiger partial charge in [0, 0.05) is 10.9 Å². The average molecular weight is 343 g/mol. The molecule has 1 unspecified atom stereocenters. The van der Waals surface area contributed by atoms with Crippen LogP contribution in [0.15, 0.2) is 28.7 Å². The van der Waals surface area contributed by atoms with Crippen LogP contribution in [0.2, 0.25) is 0 Å². The summed E-state index contributed by atoms with van der Waals surface area (Å²) in [7, 11) is 0. The molecule has 106 valence electrons. The largest absolute Gasteiger partial charge is 0.481 e. The lowest BCUT2D eigenvalue weighted by atomic mass is 9.93. The fraction of sp³-hybridized carbons (Fsp3) is 0.417. The van der Waals surface area contributed by atoms with Gasteiger partial charge in [-0.1, -0.05) is 28.1 Å². The van der Waals surface area contributed by atoms with E-state index in [4.69, 9.17) is 5.11 Å². The maximum atomic E-state index is 12.9. The van der Waals surface area contributed by atoms with E-state index in [0.29, 0.717) is 5.56 Å². The predicted octanol–water partition coefficient (Wildman–Crippen LogP) is 3.98. The van der Waals surface area contributed by atoms with Gasteiger partial charge in [0.15, 0.2) is 0 Å². The van der Waals surface area contributed by atoms with Gasteiger partial charge in [-0.3, -0.25) is 4.79 Å². The first-order chi connectivity index (χ1) is 8.72. The number of hydrogen-bond donors (Lipinski definition) is 1. The number of halogens is 5. The number of rotatable bonds is 6. The summed E-state index contributed by atoms with van der Waals surface area (Å²) in [4.78, 5) is 10.9. The van der Waals surface area contributed by atoms with Crippen LogP contribution in [0.4, 0.5) is 17.6 Å². The number of hydrogen-bond acceptors (Lipinski definition) is 1. The molecule has 1 atom stereocenters. The minimum absolute atomic E-state index is 0.217. The summed E-state index contributed by atoms with van der Waals surface area (Å²) in [5, 5.41) is 8.85. The van der Waals surface area contributed by atoms with Crippen LogP contribution in [0.25, 0.3) is 0 Å². The Balaban J connectivity index is 2.79. The molecule has 0 heterocycles. The Morgan fingerprint density at radius 1 is 1.26 bits per heavy atom. The summed E-state index contributed by atoms with van der Waals surface area (Å²) >= 11 is 3.17. The molecule has 2 nitrogen and oxygen atoms in total. The molecule has 0 spiro atoms. The van der Waals surface area contributed by atoms with Crippen LogP contribution < -0.4 is 0 Å². The van der Waals surface area contributed by atoms with Gasteiger partial charge in [-0.05, 0) is 24.1 Å². The van der Waals surface area contributed by atoms with Gasteiger partial charge >= 0.3 is 18.3 Å². The first kappa shape index (κ1) is 15.9. The molecule has 0 aliphatic heterocycles. The molecular weight excluding hydrogens is 332 g/mol. The summed E-state index contributed by atoms with van der Waals surface area (Å²) in [6, 6.07) is 6.36. The first-order valence-electron chi connectivity index (χ1n) is 5.35. The topological polar surface area (TPSA) is 37.3 Å². The molecule has 0 saturated heterocycles. The molecule has 19 heavy (non-hydrogen) atoms. The van der Waals surface area contributed by atoms with Gasteiger partial charge in [-0.15, -0.1) is 0 Å². The Bertz CT molecular complexity index is 434. The molecule has 0 amide bonds. The molecule has 0 bridgehead atoms. The van der Waals surface area contributed by atoms with Crippen LogP contribution in [0.1, 0.15) is 12.0 Å².